The summed E-state index contributed by atoms with van der Waals surface area (Å²) >= 11 is 1.71. The lowest BCUT2D eigenvalue weighted by molar-refractivity contribution is -0.123. The van der Waals surface area contributed by atoms with Crippen LogP contribution in [0.25, 0.3) is 0 Å². The summed E-state index contributed by atoms with van der Waals surface area (Å²) < 4.78 is 0. The lowest BCUT2D eigenvalue weighted by atomic mass is 9.83. The summed E-state index contributed by atoms with van der Waals surface area (Å²) in [5, 5.41) is 15.6. The molecule has 0 spiro atoms. The standard InChI is InChI=1S/C14H19NO2S/c16-13(8-10-3-4-10)15-9-14(17)6-1-2-12-11(14)5-7-18-12/h5,7,10,17H,1-4,6,8-9H2,(H,15,16). The van der Waals surface area contributed by atoms with Crippen LogP contribution in [0.5, 0.6) is 0 Å². The van der Waals surface area contributed by atoms with Crippen LogP contribution in [0.2, 0.25) is 0 Å². The van der Waals surface area contributed by atoms with Crippen molar-refractivity contribution < 1.29 is 9.90 Å². The summed E-state index contributed by atoms with van der Waals surface area (Å²) in [6.45, 7) is 0.363. The highest BCUT2D eigenvalue weighted by atomic mass is 32.1. The van der Waals surface area contributed by atoms with E-state index in [4.69, 9.17) is 0 Å². The minimum absolute atomic E-state index is 0.0910. The molecule has 1 fully saturated rings. The van der Waals surface area contributed by atoms with Crippen LogP contribution in [0.1, 0.15) is 42.5 Å². The van der Waals surface area contributed by atoms with Crippen LogP contribution in [-0.2, 0) is 16.8 Å². The van der Waals surface area contributed by atoms with Gasteiger partial charge in [0.2, 0.25) is 5.91 Å². The molecule has 1 saturated carbocycles. The molecule has 1 unspecified atom stereocenters. The van der Waals surface area contributed by atoms with E-state index in [1.165, 1.54) is 17.7 Å². The normalized spacial score (nSPS) is 26.7. The molecular formula is C14H19NO2S. The second kappa shape index (κ2) is 4.67. The molecule has 1 aromatic heterocycles. The van der Waals surface area contributed by atoms with Crippen LogP contribution < -0.4 is 5.32 Å². The number of hydrogen-bond donors (Lipinski definition) is 2. The van der Waals surface area contributed by atoms with Gasteiger partial charge in [0, 0.05) is 11.3 Å². The molecule has 1 heterocycles. The third-order valence-electron chi connectivity index (χ3n) is 3.99. The van der Waals surface area contributed by atoms with E-state index in [-0.39, 0.29) is 5.91 Å². The molecule has 18 heavy (non-hydrogen) atoms. The number of rotatable bonds is 4. The molecule has 98 valence electrons. The van der Waals surface area contributed by atoms with E-state index in [1.807, 2.05) is 11.4 Å². The minimum atomic E-state index is -0.840. The maximum Gasteiger partial charge on any atom is 0.220 e. The summed E-state index contributed by atoms with van der Waals surface area (Å²) in [5.74, 6) is 0.691. The van der Waals surface area contributed by atoms with E-state index in [0.717, 1.165) is 24.8 Å². The van der Waals surface area contributed by atoms with Crippen LogP contribution in [0, 0.1) is 5.92 Å². The molecular weight excluding hydrogens is 246 g/mol. The Hall–Kier alpha value is -0.870. The van der Waals surface area contributed by atoms with E-state index >= 15 is 0 Å². The topological polar surface area (TPSA) is 49.3 Å². The Morgan fingerprint density at radius 1 is 1.56 bits per heavy atom. The van der Waals surface area contributed by atoms with Gasteiger partial charge in [-0.15, -0.1) is 11.3 Å². The van der Waals surface area contributed by atoms with E-state index in [2.05, 4.69) is 5.32 Å². The molecule has 2 N–H and O–H groups in total. The molecule has 2 aliphatic rings. The van der Waals surface area contributed by atoms with Crippen molar-refractivity contribution in [2.24, 2.45) is 5.92 Å². The number of aryl methyl sites for hydroxylation is 1. The van der Waals surface area contributed by atoms with Crippen molar-refractivity contribution in [3.8, 4) is 0 Å². The number of carbonyl (C=O) groups is 1. The molecule has 3 rings (SSSR count). The van der Waals surface area contributed by atoms with Crippen LogP contribution in [0.4, 0.5) is 0 Å². The third-order valence-corrected chi connectivity index (χ3v) is 4.97. The lowest BCUT2D eigenvalue weighted by Gasteiger charge is -2.32. The first-order chi connectivity index (χ1) is 8.67. The largest absolute Gasteiger partial charge is 0.383 e. The summed E-state index contributed by atoms with van der Waals surface area (Å²) in [6, 6.07) is 2.01. The highest BCUT2D eigenvalue weighted by molar-refractivity contribution is 7.10. The van der Waals surface area contributed by atoms with Crippen LogP contribution in [-0.4, -0.2) is 17.6 Å². The van der Waals surface area contributed by atoms with E-state index in [9.17, 15) is 9.90 Å². The van der Waals surface area contributed by atoms with Crippen molar-refractivity contribution in [1.29, 1.82) is 0 Å². The second-order valence-electron chi connectivity index (χ2n) is 5.57. The first-order valence-corrected chi connectivity index (χ1v) is 7.61. The highest BCUT2D eigenvalue weighted by Gasteiger charge is 2.35. The summed E-state index contributed by atoms with van der Waals surface area (Å²) in [7, 11) is 0. The molecule has 2 aliphatic carbocycles. The van der Waals surface area contributed by atoms with Gasteiger partial charge < -0.3 is 10.4 Å². The summed E-state index contributed by atoms with van der Waals surface area (Å²) in [6.07, 6.45) is 5.82. The SMILES string of the molecule is O=C(CC1CC1)NCC1(O)CCCc2sccc21. The van der Waals surface area contributed by atoms with Crippen LogP contribution in [0.3, 0.4) is 0 Å². The lowest BCUT2D eigenvalue weighted by Crippen LogP contribution is -2.42. The molecule has 0 radical (unpaired) electrons. The van der Waals surface area contributed by atoms with Gasteiger partial charge in [-0.05, 0) is 55.0 Å². The van der Waals surface area contributed by atoms with Crippen molar-refractivity contribution in [3.63, 3.8) is 0 Å². The Balaban J connectivity index is 1.63. The molecule has 4 heteroatoms. The van der Waals surface area contributed by atoms with Crippen LogP contribution in [0.15, 0.2) is 11.4 Å². The van der Waals surface area contributed by atoms with Gasteiger partial charge in [0.15, 0.2) is 0 Å². The zero-order chi connectivity index (χ0) is 12.6. The second-order valence-corrected chi connectivity index (χ2v) is 6.57. The smallest absolute Gasteiger partial charge is 0.220 e. The quantitative estimate of drug-likeness (QED) is 0.876. The molecule has 1 aromatic rings. The molecule has 3 nitrogen and oxygen atoms in total. The summed E-state index contributed by atoms with van der Waals surface area (Å²) in [4.78, 5) is 13.0. The number of fused-ring (bicyclic) bond motifs is 1. The Morgan fingerprint density at radius 3 is 3.17 bits per heavy atom. The maximum absolute atomic E-state index is 11.7. The zero-order valence-corrected chi connectivity index (χ0v) is 11.3. The average Bonchev–Trinajstić information content (AvgIpc) is 3.01. The van der Waals surface area contributed by atoms with Gasteiger partial charge in [-0.25, -0.2) is 0 Å². The van der Waals surface area contributed by atoms with Gasteiger partial charge in [-0.2, -0.15) is 0 Å². The van der Waals surface area contributed by atoms with E-state index in [0.29, 0.717) is 18.9 Å². The van der Waals surface area contributed by atoms with Gasteiger partial charge in [0.05, 0.1) is 6.54 Å². The Morgan fingerprint density at radius 2 is 2.39 bits per heavy atom. The number of carbonyl (C=O) groups excluding carboxylic acids is 1. The molecule has 1 amide bonds. The fourth-order valence-corrected chi connectivity index (χ4v) is 3.73. The Labute approximate surface area is 111 Å². The Kier molecular flexibility index (Phi) is 3.16. The van der Waals surface area contributed by atoms with Gasteiger partial charge >= 0.3 is 0 Å². The van der Waals surface area contributed by atoms with Gasteiger partial charge in [0.25, 0.3) is 0 Å². The fourth-order valence-electron chi connectivity index (χ4n) is 2.71. The minimum Gasteiger partial charge on any atom is -0.383 e. The monoisotopic (exact) mass is 265 g/mol. The van der Waals surface area contributed by atoms with Gasteiger partial charge in [0.1, 0.15) is 5.60 Å². The third kappa shape index (κ3) is 2.45. The maximum atomic E-state index is 11.7. The highest BCUT2D eigenvalue weighted by Crippen LogP contribution is 2.38. The van der Waals surface area contributed by atoms with E-state index in [1.54, 1.807) is 11.3 Å². The number of aliphatic hydroxyl groups is 1. The number of thiophene rings is 1. The predicted octanol–water partition coefficient (Wildman–Crippen LogP) is 2.19. The van der Waals surface area contributed by atoms with Gasteiger partial charge in [-0.3, -0.25) is 4.79 Å². The van der Waals surface area contributed by atoms with Crippen molar-refractivity contribution in [2.75, 3.05) is 6.54 Å². The predicted molar refractivity (Wildman–Crippen MR) is 71.5 cm³/mol. The fraction of sp³-hybridized carbons (Fsp3) is 0.643. The van der Waals surface area contributed by atoms with Crippen LogP contribution >= 0.6 is 11.3 Å². The van der Waals surface area contributed by atoms with E-state index < -0.39 is 5.60 Å². The zero-order valence-electron chi connectivity index (χ0n) is 10.4. The number of hydrogen-bond acceptors (Lipinski definition) is 3. The molecule has 0 aliphatic heterocycles. The van der Waals surface area contributed by atoms with Crippen molar-refractivity contribution in [3.05, 3.63) is 21.9 Å². The number of nitrogens with one attached hydrogen (secondary N) is 1. The first-order valence-electron chi connectivity index (χ1n) is 6.73. The van der Waals surface area contributed by atoms with Crippen molar-refractivity contribution in [2.45, 2.75) is 44.1 Å². The Bertz CT molecular complexity index is 452. The number of amides is 1. The molecule has 0 bridgehead atoms. The first kappa shape index (κ1) is 12.2. The van der Waals surface area contributed by atoms with Crippen molar-refractivity contribution >= 4 is 17.2 Å². The average molecular weight is 265 g/mol. The molecule has 1 atom stereocenters. The van der Waals surface area contributed by atoms with Crippen molar-refractivity contribution in [1.82, 2.24) is 5.32 Å². The molecule has 0 saturated heterocycles. The summed E-state index contributed by atoms with van der Waals surface area (Å²) in [5.41, 5.74) is 0.192. The molecule has 0 aromatic carbocycles. The van der Waals surface area contributed by atoms with Gasteiger partial charge in [-0.1, -0.05) is 0 Å².